The third-order valence-corrected chi connectivity index (χ3v) is 9.99. The number of rotatable bonds is 10. The lowest BCUT2D eigenvalue weighted by Gasteiger charge is -2.19. The number of hydrogen-bond donors (Lipinski definition) is 0. The zero-order valence-corrected chi connectivity index (χ0v) is 21.4. The third-order valence-electron chi connectivity index (χ3n) is 5.62. The highest BCUT2D eigenvalue weighted by molar-refractivity contribution is 7.74. The molecule has 0 aliphatic heterocycles. The fourth-order valence-corrected chi connectivity index (χ4v) is 7.60. The van der Waals surface area contributed by atoms with Gasteiger partial charge in [0.2, 0.25) is 0 Å². The molecule has 1 aromatic heterocycles. The lowest BCUT2D eigenvalue weighted by Crippen LogP contribution is -2.17. The van der Waals surface area contributed by atoms with Crippen molar-refractivity contribution in [3.63, 3.8) is 0 Å². The van der Waals surface area contributed by atoms with Crippen LogP contribution in [-0.4, -0.2) is 0 Å². The van der Waals surface area contributed by atoms with Gasteiger partial charge in [-0.1, -0.05) is 97.1 Å². The molecular formula is C30H26O4P2. The maximum Gasteiger partial charge on any atom is 0.261 e. The summed E-state index contributed by atoms with van der Waals surface area (Å²) in [5.74, 6) is 1.30. The summed E-state index contributed by atoms with van der Waals surface area (Å²) >= 11 is 0. The summed E-state index contributed by atoms with van der Waals surface area (Å²) < 4.78 is 32.5. The van der Waals surface area contributed by atoms with E-state index in [-0.39, 0.29) is 6.61 Å². The van der Waals surface area contributed by atoms with Crippen molar-refractivity contribution in [1.29, 1.82) is 0 Å². The highest BCUT2D eigenvalue weighted by Crippen LogP contribution is 2.45. The minimum absolute atomic E-state index is 0.0905. The molecule has 0 N–H and O–H groups in total. The summed E-state index contributed by atoms with van der Waals surface area (Å²) in [5, 5.41) is 3.59. The van der Waals surface area contributed by atoms with Gasteiger partial charge < -0.3 is 13.5 Å². The molecule has 6 heteroatoms. The molecule has 0 aliphatic rings. The Kier molecular flexibility index (Phi) is 7.91. The Morgan fingerprint density at radius 1 is 0.556 bits per heavy atom. The van der Waals surface area contributed by atoms with E-state index in [4.69, 9.17) is 13.5 Å². The zero-order chi connectivity index (χ0) is 24.6. The first-order valence-corrected chi connectivity index (χ1v) is 14.6. The van der Waals surface area contributed by atoms with Gasteiger partial charge in [0.25, 0.3) is 7.37 Å². The lowest BCUT2D eigenvalue weighted by atomic mass is 10.4. The van der Waals surface area contributed by atoms with E-state index in [1.165, 1.54) is 0 Å². The molecule has 0 radical (unpaired) electrons. The van der Waals surface area contributed by atoms with E-state index in [1.54, 1.807) is 0 Å². The molecule has 1 heterocycles. The summed E-state index contributed by atoms with van der Waals surface area (Å²) in [6.45, 7) is 0.414. The predicted octanol–water partition coefficient (Wildman–Crippen LogP) is 6.29. The maximum absolute atomic E-state index is 14.0. The Morgan fingerprint density at radius 2 is 0.972 bits per heavy atom. The highest BCUT2D eigenvalue weighted by atomic mass is 31.2. The second kappa shape index (κ2) is 11.6. The van der Waals surface area contributed by atoms with Crippen molar-refractivity contribution in [2.45, 2.75) is 13.2 Å². The Bertz CT molecular complexity index is 1320. The van der Waals surface area contributed by atoms with Gasteiger partial charge in [-0.25, -0.2) is 0 Å². The molecule has 0 amide bonds. The molecule has 0 aliphatic carbocycles. The lowest BCUT2D eigenvalue weighted by molar-refractivity contribution is 0.255. The van der Waals surface area contributed by atoms with E-state index in [1.807, 2.05) is 109 Å². The average molecular weight is 512 g/mol. The van der Waals surface area contributed by atoms with Gasteiger partial charge in [-0.3, -0.25) is 4.57 Å². The van der Waals surface area contributed by atoms with Crippen LogP contribution in [-0.2, 0) is 26.8 Å². The molecule has 0 bridgehead atoms. The normalized spacial score (nSPS) is 11.6. The standard InChI is InChI=1S/C30H26O4P2/c31-36(29-17-9-3-10-18-29,30-19-11-4-12-20-30)33-24-26-22-21-25(34-26)23-32-35(27-13-5-1-6-14-27)28-15-7-2-8-16-28/h1-22H,23-24H2. The summed E-state index contributed by atoms with van der Waals surface area (Å²) in [6.07, 6.45) is 0. The van der Waals surface area contributed by atoms with Gasteiger partial charge in [0.1, 0.15) is 24.7 Å². The van der Waals surface area contributed by atoms with E-state index in [0.717, 1.165) is 10.6 Å². The maximum atomic E-state index is 14.0. The molecule has 0 fully saturated rings. The van der Waals surface area contributed by atoms with Gasteiger partial charge >= 0.3 is 0 Å². The van der Waals surface area contributed by atoms with Crippen molar-refractivity contribution in [1.82, 2.24) is 0 Å². The average Bonchev–Trinajstić information content (AvgIpc) is 3.42. The highest BCUT2D eigenvalue weighted by Gasteiger charge is 2.29. The Hall–Kier alpha value is -3.26. The second-order valence-electron chi connectivity index (χ2n) is 8.10. The van der Waals surface area contributed by atoms with Gasteiger partial charge in [-0.15, -0.1) is 0 Å². The van der Waals surface area contributed by atoms with Gasteiger partial charge in [0.05, 0.1) is 8.15 Å². The van der Waals surface area contributed by atoms with Crippen molar-refractivity contribution in [3.05, 3.63) is 145 Å². The summed E-state index contributed by atoms with van der Waals surface area (Å²) in [5.41, 5.74) is 0. The summed E-state index contributed by atoms with van der Waals surface area (Å²) in [7, 11) is -4.27. The summed E-state index contributed by atoms with van der Waals surface area (Å²) in [6, 6.07) is 42.8. The summed E-state index contributed by atoms with van der Waals surface area (Å²) in [4.78, 5) is 0. The van der Waals surface area contributed by atoms with Gasteiger partial charge in [0.15, 0.2) is 0 Å². The molecular weight excluding hydrogens is 486 g/mol. The molecule has 0 saturated carbocycles. The predicted molar refractivity (Wildman–Crippen MR) is 147 cm³/mol. The van der Waals surface area contributed by atoms with Crippen LogP contribution >= 0.6 is 15.5 Å². The Labute approximate surface area is 212 Å². The van der Waals surface area contributed by atoms with Crippen molar-refractivity contribution >= 4 is 36.7 Å². The molecule has 0 atom stereocenters. The van der Waals surface area contributed by atoms with Gasteiger partial charge in [-0.05, 0) is 36.4 Å². The van der Waals surface area contributed by atoms with Crippen LogP contribution < -0.4 is 21.2 Å². The fourth-order valence-electron chi connectivity index (χ4n) is 3.83. The minimum Gasteiger partial charge on any atom is -0.461 e. The SMILES string of the molecule is O=P(OCc1ccc(COP(c2ccccc2)c2ccccc2)o1)(c1ccccc1)c1ccccc1. The number of benzene rings is 4. The van der Waals surface area contributed by atoms with E-state index >= 15 is 0 Å². The van der Waals surface area contributed by atoms with E-state index < -0.39 is 15.5 Å². The second-order valence-corrected chi connectivity index (χ2v) is 12.4. The van der Waals surface area contributed by atoms with Crippen LogP contribution in [0.3, 0.4) is 0 Å². The molecule has 5 aromatic rings. The molecule has 5 rings (SSSR count). The third kappa shape index (κ3) is 5.75. The molecule has 180 valence electrons. The Balaban J connectivity index is 1.30. The molecule has 36 heavy (non-hydrogen) atoms. The first kappa shape index (κ1) is 24.4. The molecule has 0 spiro atoms. The molecule has 4 nitrogen and oxygen atoms in total. The first-order valence-electron chi connectivity index (χ1n) is 11.7. The largest absolute Gasteiger partial charge is 0.461 e. The van der Waals surface area contributed by atoms with Crippen LogP contribution in [0, 0.1) is 0 Å². The van der Waals surface area contributed by atoms with E-state index in [2.05, 4.69) is 24.3 Å². The monoisotopic (exact) mass is 512 g/mol. The fraction of sp³-hybridized carbons (Fsp3) is 0.0667. The van der Waals surface area contributed by atoms with Gasteiger partial charge in [0, 0.05) is 21.2 Å². The van der Waals surface area contributed by atoms with Crippen LogP contribution in [0.4, 0.5) is 0 Å². The van der Waals surface area contributed by atoms with Crippen LogP contribution in [0.15, 0.2) is 138 Å². The quantitative estimate of drug-likeness (QED) is 0.207. The topological polar surface area (TPSA) is 48.7 Å². The van der Waals surface area contributed by atoms with Crippen molar-refractivity contribution in [2.75, 3.05) is 0 Å². The van der Waals surface area contributed by atoms with E-state index in [0.29, 0.717) is 28.7 Å². The first-order chi connectivity index (χ1) is 17.7. The van der Waals surface area contributed by atoms with Crippen molar-refractivity contribution in [2.24, 2.45) is 0 Å². The number of furan rings is 1. The van der Waals surface area contributed by atoms with Crippen molar-refractivity contribution in [3.8, 4) is 0 Å². The molecule has 0 unspecified atom stereocenters. The number of hydrogen-bond acceptors (Lipinski definition) is 4. The van der Waals surface area contributed by atoms with Crippen molar-refractivity contribution < 1.29 is 18.0 Å². The van der Waals surface area contributed by atoms with Gasteiger partial charge in [-0.2, -0.15) is 0 Å². The van der Waals surface area contributed by atoms with E-state index in [9.17, 15) is 4.57 Å². The smallest absolute Gasteiger partial charge is 0.261 e. The van der Waals surface area contributed by atoms with Crippen LogP contribution in [0.25, 0.3) is 0 Å². The Morgan fingerprint density at radius 3 is 1.44 bits per heavy atom. The van der Waals surface area contributed by atoms with Crippen LogP contribution in [0.1, 0.15) is 11.5 Å². The zero-order valence-electron chi connectivity index (χ0n) is 19.6. The minimum atomic E-state index is -3.28. The van der Waals surface area contributed by atoms with Crippen LogP contribution in [0.5, 0.6) is 0 Å². The van der Waals surface area contributed by atoms with Crippen LogP contribution in [0.2, 0.25) is 0 Å². The molecule has 4 aromatic carbocycles. The molecule has 0 saturated heterocycles.